The number of nitrogens with two attached hydrogens (primary N) is 1. The van der Waals surface area contributed by atoms with Crippen molar-refractivity contribution in [2.24, 2.45) is 0 Å². The maximum Gasteiger partial charge on any atom is 0.338 e. The third-order valence-electron chi connectivity index (χ3n) is 2.51. The van der Waals surface area contributed by atoms with Crippen LogP contribution >= 0.6 is 0 Å². The van der Waals surface area contributed by atoms with Crippen molar-refractivity contribution in [1.29, 1.82) is 0 Å². The standard InChI is InChI=1S/C12H9NO4/c13-9-4-2-6-5-7(11(14)15)1-3-8(6)10(9)12(16)17/h1-5H,13H2,(H,14,15)(H,16,17). The van der Waals surface area contributed by atoms with Crippen LogP contribution in [0.3, 0.4) is 0 Å². The summed E-state index contributed by atoms with van der Waals surface area (Å²) in [6.07, 6.45) is 0. The van der Waals surface area contributed by atoms with Gasteiger partial charge in [0.2, 0.25) is 0 Å². The molecule has 4 N–H and O–H groups in total. The molecular weight excluding hydrogens is 222 g/mol. The molecule has 2 aromatic carbocycles. The van der Waals surface area contributed by atoms with E-state index in [9.17, 15) is 9.59 Å². The molecule has 2 rings (SSSR count). The van der Waals surface area contributed by atoms with E-state index in [0.717, 1.165) is 0 Å². The molecule has 0 aliphatic heterocycles. The molecule has 0 aliphatic carbocycles. The molecule has 0 bridgehead atoms. The molecule has 86 valence electrons. The highest BCUT2D eigenvalue weighted by atomic mass is 16.4. The highest BCUT2D eigenvalue weighted by Crippen LogP contribution is 2.25. The molecule has 0 spiro atoms. The second-order valence-electron chi connectivity index (χ2n) is 3.58. The van der Waals surface area contributed by atoms with E-state index in [1.165, 1.54) is 24.3 Å². The average Bonchev–Trinajstić information content (AvgIpc) is 2.27. The second-order valence-corrected chi connectivity index (χ2v) is 3.58. The minimum atomic E-state index is -1.13. The maximum atomic E-state index is 11.1. The van der Waals surface area contributed by atoms with E-state index in [2.05, 4.69) is 0 Å². The van der Waals surface area contributed by atoms with Crippen molar-refractivity contribution in [2.45, 2.75) is 0 Å². The minimum Gasteiger partial charge on any atom is -0.478 e. The van der Waals surface area contributed by atoms with Gasteiger partial charge in [-0.1, -0.05) is 12.1 Å². The predicted octanol–water partition coefficient (Wildman–Crippen LogP) is 1.82. The lowest BCUT2D eigenvalue weighted by atomic mass is 10.0. The van der Waals surface area contributed by atoms with E-state index in [0.29, 0.717) is 10.8 Å². The molecule has 17 heavy (non-hydrogen) atoms. The van der Waals surface area contributed by atoms with E-state index in [4.69, 9.17) is 15.9 Å². The van der Waals surface area contributed by atoms with Crippen molar-refractivity contribution in [3.05, 3.63) is 41.5 Å². The molecule has 0 fully saturated rings. The molecule has 5 heteroatoms. The zero-order chi connectivity index (χ0) is 12.6. The van der Waals surface area contributed by atoms with Crippen molar-refractivity contribution in [2.75, 3.05) is 5.73 Å². The molecule has 0 saturated heterocycles. The minimum absolute atomic E-state index is 0.000520. The quantitative estimate of drug-likeness (QED) is 0.684. The van der Waals surface area contributed by atoms with Crippen molar-refractivity contribution < 1.29 is 19.8 Å². The summed E-state index contributed by atoms with van der Waals surface area (Å²) in [5.41, 5.74) is 5.86. The van der Waals surface area contributed by atoms with Crippen LogP contribution < -0.4 is 5.73 Å². The van der Waals surface area contributed by atoms with E-state index in [1.54, 1.807) is 6.07 Å². The molecule has 0 unspecified atom stereocenters. The van der Waals surface area contributed by atoms with Crippen LogP contribution in [0.25, 0.3) is 10.8 Å². The lowest BCUT2D eigenvalue weighted by Gasteiger charge is -2.06. The summed E-state index contributed by atoms with van der Waals surface area (Å²) in [6.45, 7) is 0. The summed E-state index contributed by atoms with van der Waals surface area (Å²) >= 11 is 0. The highest BCUT2D eigenvalue weighted by molar-refractivity contribution is 6.09. The van der Waals surface area contributed by atoms with Gasteiger partial charge in [-0.05, 0) is 29.0 Å². The van der Waals surface area contributed by atoms with Crippen LogP contribution in [-0.2, 0) is 0 Å². The van der Waals surface area contributed by atoms with E-state index < -0.39 is 11.9 Å². The molecule has 0 atom stereocenters. The Balaban J connectivity index is 2.79. The van der Waals surface area contributed by atoms with Gasteiger partial charge in [-0.3, -0.25) is 0 Å². The fourth-order valence-electron chi connectivity index (χ4n) is 1.72. The predicted molar refractivity (Wildman–Crippen MR) is 62.3 cm³/mol. The Morgan fingerprint density at radius 1 is 1.00 bits per heavy atom. The third kappa shape index (κ3) is 1.78. The zero-order valence-corrected chi connectivity index (χ0v) is 8.68. The van der Waals surface area contributed by atoms with Gasteiger partial charge >= 0.3 is 11.9 Å². The van der Waals surface area contributed by atoms with Crippen molar-refractivity contribution in [1.82, 2.24) is 0 Å². The summed E-state index contributed by atoms with van der Waals surface area (Å²) in [4.78, 5) is 21.8. The van der Waals surface area contributed by atoms with Gasteiger partial charge < -0.3 is 15.9 Å². The number of carboxylic acids is 2. The third-order valence-corrected chi connectivity index (χ3v) is 2.51. The van der Waals surface area contributed by atoms with Crippen molar-refractivity contribution in [3.63, 3.8) is 0 Å². The average molecular weight is 231 g/mol. The number of carbonyl (C=O) groups is 2. The first-order valence-electron chi connectivity index (χ1n) is 4.79. The van der Waals surface area contributed by atoms with Crippen LogP contribution in [0.1, 0.15) is 20.7 Å². The van der Waals surface area contributed by atoms with Crippen molar-refractivity contribution >= 4 is 28.4 Å². The highest BCUT2D eigenvalue weighted by Gasteiger charge is 2.13. The van der Waals surface area contributed by atoms with Gasteiger partial charge in [-0.25, -0.2) is 9.59 Å². The fraction of sp³-hybridized carbons (Fsp3) is 0. The van der Waals surface area contributed by atoms with Gasteiger partial charge in [0.15, 0.2) is 0 Å². The first-order chi connectivity index (χ1) is 8.00. The van der Waals surface area contributed by atoms with E-state index in [1.807, 2.05) is 0 Å². The Bertz CT molecular complexity index is 634. The fourth-order valence-corrected chi connectivity index (χ4v) is 1.72. The van der Waals surface area contributed by atoms with E-state index >= 15 is 0 Å². The molecular formula is C12H9NO4. The van der Waals surface area contributed by atoms with E-state index in [-0.39, 0.29) is 16.8 Å². The summed E-state index contributed by atoms with van der Waals surface area (Å²) in [7, 11) is 0. The number of hydrogen-bond donors (Lipinski definition) is 3. The molecule has 0 heterocycles. The molecule has 0 amide bonds. The van der Waals surface area contributed by atoms with Gasteiger partial charge in [0, 0.05) is 5.69 Å². The number of rotatable bonds is 2. The number of fused-ring (bicyclic) bond motifs is 1. The largest absolute Gasteiger partial charge is 0.478 e. The monoisotopic (exact) mass is 231 g/mol. The van der Waals surface area contributed by atoms with Gasteiger partial charge in [-0.2, -0.15) is 0 Å². The smallest absolute Gasteiger partial charge is 0.338 e. The normalized spacial score (nSPS) is 10.4. The summed E-state index contributed by atoms with van der Waals surface area (Å²) in [5, 5.41) is 18.9. The Morgan fingerprint density at radius 2 is 1.71 bits per heavy atom. The summed E-state index contributed by atoms with van der Waals surface area (Å²) in [5.74, 6) is -2.18. The molecule has 0 aliphatic rings. The molecule has 0 saturated carbocycles. The van der Waals surface area contributed by atoms with Gasteiger partial charge in [0.05, 0.1) is 11.1 Å². The zero-order valence-electron chi connectivity index (χ0n) is 8.68. The van der Waals surface area contributed by atoms with Crippen LogP contribution in [0.4, 0.5) is 5.69 Å². The van der Waals surface area contributed by atoms with Crippen LogP contribution in [0.5, 0.6) is 0 Å². The molecule has 0 radical (unpaired) electrons. The van der Waals surface area contributed by atoms with Gasteiger partial charge in [0.1, 0.15) is 0 Å². The van der Waals surface area contributed by atoms with Gasteiger partial charge in [0.25, 0.3) is 0 Å². The van der Waals surface area contributed by atoms with Crippen LogP contribution in [-0.4, -0.2) is 22.2 Å². The molecule has 0 aromatic heterocycles. The summed E-state index contributed by atoms with van der Waals surface area (Å²) < 4.78 is 0. The first-order valence-corrected chi connectivity index (χ1v) is 4.79. The molecule has 5 nitrogen and oxygen atoms in total. The van der Waals surface area contributed by atoms with Crippen LogP contribution in [0, 0.1) is 0 Å². The molecule has 2 aromatic rings. The second kappa shape index (κ2) is 3.79. The summed E-state index contributed by atoms with van der Waals surface area (Å²) in [6, 6.07) is 7.29. The van der Waals surface area contributed by atoms with Gasteiger partial charge in [-0.15, -0.1) is 0 Å². The number of anilines is 1. The Kier molecular flexibility index (Phi) is 2.44. The Hall–Kier alpha value is -2.56. The first kappa shape index (κ1) is 10.9. The lowest BCUT2D eigenvalue weighted by Crippen LogP contribution is -2.04. The number of carboxylic acid groups (broad SMARTS) is 2. The number of benzene rings is 2. The van der Waals surface area contributed by atoms with Crippen LogP contribution in [0.2, 0.25) is 0 Å². The number of hydrogen-bond acceptors (Lipinski definition) is 3. The number of aromatic carboxylic acids is 2. The SMILES string of the molecule is Nc1ccc2cc(C(=O)O)ccc2c1C(=O)O. The van der Waals surface area contributed by atoms with Crippen molar-refractivity contribution in [3.8, 4) is 0 Å². The topological polar surface area (TPSA) is 101 Å². The Morgan fingerprint density at radius 3 is 2.29 bits per heavy atom. The number of nitrogen functional groups attached to an aromatic ring is 1. The van der Waals surface area contributed by atoms with Crippen LogP contribution in [0.15, 0.2) is 30.3 Å². The Labute approximate surface area is 96.1 Å². The lowest BCUT2D eigenvalue weighted by molar-refractivity contribution is 0.0688. The maximum absolute atomic E-state index is 11.1.